The van der Waals surface area contributed by atoms with Gasteiger partial charge in [0, 0.05) is 17.8 Å². The van der Waals surface area contributed by atoms with E-state index in [9.17, 15) is 34.3 Å². The Balaban J connectivity index is 1.40. The van der Waals surface area contributed by atoms with Gasteiger partial charge in [-0.15, -0.1) is 6.58 Å². The molecule has 0 aliphatic rings. The van der Waals surface area contributed by atoms with Crippen LogP contribution in [-0.2, 0) is 23.9 Å². The van der Waals surface area contributed by atoms with Crippen LogP contribution in [0.2, 0.25) is 0 Å². The normalized spacial score (nSPS) is 11.9. The molecule has 55 heavy (non-hydrogen) atoms. The first-order valence-electron chi connectivity index (χ1n) is 18.0. The van der Waals surface area contributed by atoms with E-state index in [0.717, 1.165) is 38.5 Å². The van der Waals surface area contributed by atoms with Gasteiger partial charge in [0.15, 0.2) is 0 Å². The number of hydrogen-bond acceptors (Lipinski definition) is 8. The van der Waals surface area contributed by atoms with Gasteiger partial charge in [0.25, 0.3) is 5.91 Å². The number of nitriles is 1. The van der Waals surface area contributed by atoms with Crippen LogP contribution in [0.5, 0.6) is 0 Å². The summed E-state index contributed by atoms with van der Waals surface area (Å²) >= 11 is 0. The molecule has 4 aromatic rings. The first-order valence-corrected chi connectivity index (χ1v) is 18.0. The molecular formula is C44H43N3O8. The third-order valence-corrected chi connectivity index (χ3v) is 8.42. The molecule has 0 saturated heterocycles. The molecule has 11 nitrogen and oxygen atoms in total. The first kappa shape index (κ1) is 41.0. The second-order valence-electron chi connectivity index (χ2n) is 12.6. The number of carboxylic acids is 1. The lowest BCUT2D eigenvalue weighted by molar-refractivity contribution is -0.157. The van der Waals surface area contributed by atoms with Gasteiger partial charge in [-0.25, -0.2) is 14.4 Å². The van der Waals surface area contributed by atoms with Crippen molar-refractivity contribution in [2.24, 2.45) is 0 Å². The molecule has 0 bridgehead atoms. The van der Waals surface area contributed by atoms with E-state index in [1.165, 1.54) is 42.8 Å². The number of anilines is 2. The van der Waals surface area contributed by atoms with E-state index in [1.54, 1.807) is 78.9 Å². The molecule has 2 atom stereocenters. The minimum atomic E-state index is -2.19. The van der Waals surface area contributed by atoms with Crippen molar-refractivity contribution < 1.29 is 38.6 Å². The van der Waals surface area contributed by atoms with Crippen LogP contribution in [0.1, 0.15) is 83.2 Å². The number of carbonyl (C=O) groups excluding carboxylic acids is 4. The van der Waals surface area contributed by atoms with Crippen LogP contribution in [-0.4, -0.2) is 47.0 Å². The fraction of sp³-hybridized carbons (Fsp3) is 0.227. The molecule has 3 N–H and O–H groups in total. The Hall–Kier alpha value is -6.80. The first-order chi connectivity index (χ1) is 26.7. The molecule has 0 unspecified atom stereocenters. The van der Waals surface area contributed by atoms with Gasteiger partial charge in [-0.3, -0.25) is 9.59 Å². The number of allylic oxidation sites excluding steroid dienone is 2. The minimum absolute atomic E-state index is 0.0350. The number of ether oxygens (including phenoxy) is 2. The van der Waals surface area contributed by atoms with Crippen molar-refractivity contribution in [3.63, 3.8) is 0 Å². The van der Waals surface area contributed by atoms with Crippen molar-refractivity contribution in [2.45, 2.75) is 63.6 Å². The number of hydrogen-bond donors (Lipinski definition) is 3. The Labute approximate surface area is 320 Å². The van der Waals surface area contributed by atoms with Gasteiger partial charge < -0.3 is 25.2 Å². The Morgan fingerprint density at radius 3 is 1.71 bits per heavy atom. The zero-order valence-electron chi connectivity index (χ0n) is 30.3. The van der Waals surface area contributed by atoms with Crippen LogP contribution in [0.4, 0.5) is 11.4 Å². The monoisotopic (exact) mass is 741 g/mol. The number of carbonyl (C=O) groups is 5. The van der Waals surface area contributed by atoms with Crippen molar-refractivity contribution in [1.29, 1.82) is 5.26 Å². The molecule has 0 radical (unpaired) electrons. The average Bonchev–Trinajstić information content (AvgIpc) is 3.20. The summed E-state index contributed by atoms with van der Waals surface area (Å²) in [6.07, 6.45) is 7.23. The lowest BCUT2D eigenvalue weighted by Crippen LogP contribution is -2.48. The molecule has 0 fully saturated rings. The Morgan fingerprint density at radius 2 is 1.16 bits per heavy atom. The number of nitrogens with one attached hydrogen (secondary N) is 2. The van der Waals surface area contributed by atoms with Crippen molar-refractivity contribution in [1.82, 2.24) is 0 Å². The van der Waals surface area contributed by atoms with Gasteiger partial charge in [-0.05, 0) is 85.0 Å². The summed E-state index contributed by atoms with van der Waals surface area (Å²) in [7, 11) is 0. The lowest BCUT2D eigenvalue weighted by Gasteiger charge is -2.23. The lowest BCUT2D eigenvalue weighted by atomic mass is 10.0. The fourth-order valence-electron chi connectivity index (χ4n) is 5.47. The predicted octanol–water partition coefficient (Wildman–Crippen LogP) is 8.47. The van der Waals surface area contributed by atoms with E-state index in [-0.39, 0.29) is 22.7 Å². The maximum absolute atomic E-state index is 13.5. The van der Waals surface area contributed by atoms with Gasteiger partial charge >= 0.3 is 17.9 Å². The summed E-state index contributed by atoms with van der Waals surface area (Å²) in [6.45, 7) is 3.74. The van der Waals surface area contributed by atoms with Crippen molar-refractivity contribution in [3.8, 4) is 6.07 Å². The van der Waals surface area contributed by atoms with E-state index in [2.05, 4.69) is 23.3 Å². The van der Waals surface area contributed by atoms with Gasteiger partial charge in [-0.2, -0.15) is 5.26 Å². The SMILES string of the molecule is C=CCCCCCCCCC(=O)Nc1ccc(/C(C#N)=C/c2ccc(NC(=O)[C@@H](OC(=O)c3ccccc3)[C@H](OC(=O)c3ccccc3)C(=O)O)cc2)cc1. The Kier molecular flexibility index (Phi) is 16.1. The van der Waals surface area contributed by atoms with Gasteiger partial charge in [0.05, 0.1) is 22.8 Å². The van der Waals surface area contributed by atoms with E-state index in [1.807, 2.05) is 6.08 Å². The molecule has 282 valence electrons. The Morgan fingerprint density at radius 1 is 0.655 bits per heavy atom. The Bertz CT molecular complexity index is 1990. The van der Waals surface area contributed by atoms with E-state index in [0.29, 0.717) is 28.8 Å². The maximum Gasteiger partial charge on any atom is 0.349 e. The summed E-state index contributed by atoms with van der Waals surface area (Å²) in [6, 6.07) is 30.6. The number of rotatable bonds is 20. The summed E-state index contributed by atoms with van der Waals surface area (Å²) in [5, 5.41) is 25.3. The number of amides is 2. The summed E-state index contributed by atoms with van der Waals surface area (Å²) in [5.74, 6) is -4.85. The number of benzene rings is 4. The third-order valence-electron chi connectivity index (χ3n) is 8.42. The molecule has 2 amide bonds. The number of aliphatic carboxylic acids is 1. The average molecular weight is 742 g/mol. The molecule has 4 rings (SSSR count). The van der Waals surface area contributed by atoms with Crippen LogP contribution < -0.4 is 10.6 Å². The van der Waals surface area contributed by atoms with Crippen molar-refractivity contribution >= 4 is 52.7 Å². The molecule has 0 heterocycles. The van der Waals surface area contributed by atoms with Crippen molar-refractivity contribution in [2.75, 3.05) is 10.6 Å². The highest BCUT2D eigenvalue weighted by atomic mass is 16.6. The number of nitrogens with zero attached hydrogens (tertiary/aromatic N) is 1. The molecule has 0 spiro atoms. The highest BCUT2D eigenvalue weighted by Crippen LogP contribution is 2.22. The number of carboxylic acid groups (broad SMARTS) is 1. The summed E-state index contributed by atoms with van der Waals surface area (Å²) in [4.78, 5) is 64.0. The van der Waals surface area contributed by atoms with Crippen LogP contribution in [0, 0.1) is 11.3 Å². The zero-order chi connectivity index (χ0) is 39.4. The molecule has 0 saturated carbocycles. The standard InChI is InChI=1S/C44H43N3O8/c1-2-3-4-5-6-7-8-15-20-38(48)46-36-27-23-32(24-28-36)35(30-45)29-31-21-25-37(26-22-31)47-41(49)39(54-43(52)33-16-11-9-12-17-33)40(42(50)51)55-44(53)34-18-13-10-14-19-34/h2,9-14,16-19,21-29,39-40H,1,3-8,15,20H2,(H,46,48)(H,47,49)(H,50,51)/b35-29+/t39-,40-/m0/s1. The molecular weight excluding hydrogens is 698 g/mol. The van der Waals surface area contributed by atoms with Crippen LogP contribution >= 0.6 is 0 Å². The molecule has 4 aromatic carbocycles. The van der Waals surface area contributed by atoms with Gasteiger partial charge in [0.1, 0.15) is 0 Å². The molecule has 0 aliphatic heterocycles. The topological polar surface area (TPSA) is 172 Å². The highest BCUT2D eigenvalue weighted by Gasteiger charge is 2.41. The fourth-order valence-corrected chi connectivity index (χ4v) is 5.47. The largest absolute Gasteiger partial charge is 0.478 e. The molecule has 11 heteroatoms. The second-order valence-corrected chi connectivity index (χ2v) is 12.6. The van der Waals surface area contributed by atoms with Gasteiger partial charge in [0.2, 0.25) is 18.1 Å². The predicted molar refractivity (Wildman–Crippen MR) is 210 cm³/mol. The molecule has 0 aromatic heterocycles. The number of esters is 2. The van der Waals surface area contributed by atoms with E-state index in [4.69, 9.17) is 9.47 Å². The van der Waals surface area contributed by atoms with Crippen LogP contribution in [0.15, 0.2) is 122 Å². The minimum Gasteiger partial charge on any atom is -0.478 e. The van der Waals surface area contributed by atoms with E-state index >= 15 is 0 Å². The van der Waals surface area contributed by atoms with Crippen LogP contribution in [0.3, 0.4) is 0 Å². The summed E-state index contributed by atoms with van der Waals surface area (Å²) < 4.78 is 10.6. The second kappa shape index (κ2) is 21.7. The third kappa shape index (κ3) is 13.3. The quantitative estimate of drug-likeness (QED) is 0.0264. The number of unbranched alkanes of at least 4 members (excludes halogenated alkanes) is 6. The van der Waals surface area contributed by atoms with Crippen molar-refractivity contribution in [3.05, 3.63) is 144 Å². The van der Waals surface area contributed by atoms with Gasteiger partial charge in [-0.1, -0.05) is 92.4 Å². The summed E-state index contributed by atoms with van der Waals surface area (Å²) in [5.41, 5.74) is 2.51. The smallest absolute Gasteiger partial charge is 0.349 e. The van der Waals surface area contributed by atoms with E-state index < -0.39 is 36.0 Å². The maximum atomic E-state index is 13.5. The van der Waals surface area contributed by atoms with Crippen LogP contribution in [0.25, 0.3) is 11.6 Å². The molecule has 0 aliphatic carbocycles. The highest BCUT2D eigenvalue weighted by molar-refractivity contribution is 6.01. The zero-order valence-corrected chi connectivity index (χ0v) is 30.3.